The Morgan fingerprint density at radius 3 is 2.89 bits per heavy atom. The summed E-state index contributed by atoms with van der Waals surface area (Å²) in [6.45, 7) is 0. The Morgan fingerprint density at radius 2 is 2.21 bits per heavy atom. The van der Waals surface area contributed by atoms with Crippen molar-refractivity contribution in [2.75, 3.05) is 0 Å². The highest BCUT2D eigenvalue weighted by molar-refractivity contribution is 5.85. The van der Waals surface area contributed by atoms with Gasteiger partial charge in [0.25, 0.3) is 0 Å². The second-order valence-electron chi connectivity index (χ2n) is 4.17. The zero-order chi connectivity index (χ0) is 13.3. The summed E-state index contributed by atoms with van der Waals surface area (Å²) in [5.41, 5.74) is 7.41. The van der Waals surface area contributed by atoms with Crippen molar-refractivity contribution in [3.63, 3.8) is 0 Å². The summed E-state index contributed by atoms with van der Waals surface area (Å²) in [5, 5.41) is 3.09. The third-order valence-electron chi connectivity index (χ3n) is 2.86. The van der Waals surface area contributed by atoms with Crippen molar-refractivity contribution in [3.8, 4) is 0 Å². The van der Waals surface area contributed by atoms with Gasteiger partial charge in [0.05, 0.1) is 12.0 Å². The molecule has 96 valence electrons. The summed E-state index contributed by atoms with van der Waals surface area (Å²) in [6, 6.07) is 6.66. The average Bonchev–Trinajstić information content (AvgIpc) is 2.93. The molecule has 0 aliphatic carbocycles. The molecule has 0 amide bonds. The van der Waals surface area contributed by atoms with Crippen molar-refractivity contribution in [3.05, 3.63) is 64.5 Å². The number of nitrogens with two attached hydrogens (primary N) is 1. The van der Waals surface area contributed by atoms with Crippen LogP contribution in [0.15, 0.2) is 57.0 Å². The number of rotatable bonds is 2. The Labute approximate surface area is 108 Å². The van der Waals surface area contributed by atoms with Crippen LogP contribution >= 0.6 is 0 Å². The number of pyridine rings is 1. The molecule has 0 saturated carbocycles. The van der Waals surface area contributed by atoms with Crippen LogP contribution in [0.2, 0.25) is 0 Å². The van der Waals surface area contributed by atoms with Crippen molar-refractivity contribution in [2.45, 2.75) is 5.79 Å². The molecule has 4 N–H and O–H groups in total. The number of H-pyrrole nitrogens is 1. The molecule has 1 atom stereocenters. The molecule has 0 aromatic carbocycles. The molecule has 2 aromatic rings. The first kappa shape index (κ1) is 11.5. The van der Waals surface area contributed by atoms with Gasteiger partial charge in [-0.25, -0.2) is 4.99 Å². The maximum atomic E-state index is 11.1. The van der Waals surface area contributed by atoms with Crippen molar-refractivity contribution in [2.24, 2.45) is 10.7 Å². The number of aliphatic imine (C=N–C) groups is 1. The lowest BCUT2D eigenvalue weighted by Crippen LogP contribution is -2.49. The molecule has 3 rings (SSSR count). The van der Waals surface area contributed by atoms with Crippen LogP contribution in [0.4, 0.5) is 0 Å². The lowest BCUT2D eigenvalue weighted by atomic mass is 10.1. The predicted molar refractivity (Wildman–Crippen MR) is 71.2 cm³/mol. The van der Waals surface area contributed by atoms with E-state index in [0.29, 0.717) is 11.3 Å². The zero-order valence-electron chi connectivity index (χ0n) is 9.96. The Hall–Kier alpha value is -2.60. The molecule has 1 aliphatic rings. The third-order valence-corrected chi connectivity index (χ3v) is 2.86. The summed E-state index contributed by atoms with van der Waals surface area (Å²) < 4.78 is 5.32. The molecule has 2 aromatic heterocycles. The van der Waals surface area contributed by atoms with Gasteiger partial charge in [-0.1, -0.05) is 0 Å². The third kappa shape index (κ3) is 2.09. The van der Waals surface area contributed by atoms with E-state index in [1.165, 1.54) is 12.3 Å². The number of hydrogen-bond acceptors (Lipinski definition) is 5. The second-order valence-corrected chi connectivity index (χ2v) is 4.17. The van der Waals surface area contributed by atoms with Gasteiger partial charge in [-0.2, -0.15) is 0 Å². The van der Waals surface area contributed by atoms with Gasteiger partial charge in [0, 0.05) is 24.0 Å². The van der Waals surface area contributed by atoms with Gasteiger partial charge in [-0.3, -0.25) is 10.5 Å². The standard InChI is InChI=1S/C13H12N4O2/c14-13(9-3-4-12(18)15-8-9)16-6-5-10(17-13)11-2-1-7-19-11/h1-8,17H,14H2,(H,15,18). The quantitative estimate of drug-likeness (QED) is 0.738. The number of nitrogens with one attached hydrogen (secondary N) is 2. The molecule has 19 heavy (non-hydrogen) atoms. The minimum absolute atomic E-state index is 0.186. The SMILES string of the molecule is NC1(c2ccc(=O)[nH]c2)N=CC=C(c2ccco2)N1. The van der Waals surface area contributed by atoms with Crippen LogP contribution in [0.5, 0.6) is 0 Å². The van der Waals surface area contributed by atoms with Crippen molar-refractivity contribution in [1.29, 1.82) is 0 Å². The molecular weight excluding hydrogens is 244 g/mol. The highest BCUT2D eigenvalue weighted by Gasteiger charge is 2.29. The van der Waals surface area contributed by atoms with E-state index in [0.717, 1.165) is 5.70 Å². The fraction of sp³-hybridized carbons (Fsp3) is 0.0769. The van der Waals surface area contributed by atoms with Crippen molar-refractivity contribution >= 4 is 11.9 Å². The minimum Gasteiger partial charge on any atom is -0.463 e. The molecule has 6 nitrogen and oxygen atoms in total. The van der Waals surface area contributed by atoms with Crippen LogP contribution in [0.1, 0.15) is 11.3 Å². The van der Waals surface area contributed by atoms with Gasteiger partial charge in [0.2, 0.25) is 11.3 Å². The van der Waals surface area contributed by atoms with E-state index in [1.807, 2.05) is 6.07 Å². The molecule has 0 radical (unpaired) electrons. The lowest BCUT2D eigenvalue weighted by Gasteiger charge is -2.30. The molecule has 0 saturated heterocycles. The van der Waals surface area contributed by atoms with E-state index in [9.17, 15) is 4.79 Å². The Morgan fingerprint density at radius 1 is 1.32 bits per heavy atom. The highest BCUT2D eigenvalue weighted by atomic mass is 16.3. The van der Waals surface area contributed by atoms with Gasteiger partial charge < -0.3 is 14.7 Å². The van der Waals surface area contributed by atoms with Crippen LogP contribution < -0.4 is 16.6 Å². The number of allylic oxidation sites excluding steroid dienone is 1. The number of furan rings is 1. The number of nitrogens with zero attached hydrogens (tertiary/aromatic N) is 1. The number of hydrogen-bond donors (Lipinski definition) is 3. The van der Waals surface area contributed by atoms with Crippen LogP contribution in [-0.2, 0) is 5.79 Å². The van der Waals surface area contributed by atoms with Gasteiger partial charge in [0.1, 0.15) is 5.76 Å². The van der Waals surface area contributed by atoms with Crippen molar-refractivity contribution in [1.82, 2.24) is 10.3 Å². The molecule has 1 aliphatic heterocycles. The number of aromatic amines is 1. The second kappa shape index (κ2) is 4.25. The van der Waals surface area contributed by atoms with Crippen LogP contribution in [0, 0.1) is 0 Å². The molecule has 3 heterocycles. The van der Waals surface area contributed by atoms with Crippen molar-refractivity contribution < 1.29 is 4.42 Å². The van der Waals surface area contributed by atoms with E-state index in [-0.39, 0.29) is 5.56 Å². The molecule has 0 bridgehead atoms. The molecule has 0 fully saturated rings. The Kier molecular flexibility index (Phi) is 2.57. The van der Waals surface area contributed by atoms with Gasteiger partial charge >= 0.3 is 0 Å². The first-order valence-electron chi connectivity index (χ1n) is 5.73. The summed E-state index contributed by atoms with van der Waals surface area (Å²) >= 11 is 0. The Balaban J connectivity index is 1.95. The molecule has 1 unspecified atom stereocenters. The monoisotopic (exact) mass is 256 g/mol. The largest absolute Gasteiger partial charge is 0.463 e. The summed E-state index contributed by atoms with van der Waals surface area (Å²) in [5.74, 6) is -0.452. The summed E-state index contributed by atoms with van der Waals surface area (Å²) in [7, 11) is 0. The maximum Gasteiger partial charge on any atom is 0.247 e. The average molecular weight is 256 g/mol. The van der Waals surface area contributed by atoms with E-state index in [4.69, 9.17) is 10.2 Å². The molecular formula is C13H12N4O2. The highest BCUT2D eigenvalue weighted by Crippen LogP contribution is 2.23. The van der Waals surface area contributed by atoms with Crippen LogP contribution in [-0.4, -0.2) is 11.2 Å². The molecule has 0 spiro atoms. The first-order chi connectivity index (χ1) is 9.17. The Bertz CT molecular complexity index is 679. The normalized spacial score (nSPS) is 21.8. The fourth-order valence-corrected chi connectivity index (χ4v) is 1.88. The van der Waals surface area contributed by atoms with Crippen LogP contribution in [0.25, 0.3) is 5.70 Å². The summed E-state index contributed by atoms with van der Waals surface area (Å²) in [6.07, 6.45) is 6.51. The molecule has 6 heteroatoms. The van der Waals surface area contributed by atoms with Gasteiger partial charge in [-0.15, -0.1) is 0 Å². The smallest absolute Gasteiger partial charge is 0.247 e. The lowest BCUT2D eigenvalue weighted by molar-refractivity contribution is 0.412. The first-order valence-corrected chi connectivity index (χ1v) is 5.73. The van der Waals surface area contributed by atoms with E-state index < -0.39 is 5.79 Å². The minimum atomic E-state index is -1.12. The van der Waals surface area contributed by atoms with E-state index in [1.54, 1.807) is 30.7 Å². The predicted octanol–water partition coefficient (Wildman–Crippen LogP) is 0.752. The zero-order valence-corrected chi connectivity index (χ0v) is 9.96. The topological polar surface area (TPSA) is 96.4 Å². The van der Waals surface area contributed by atoms with E-state index >= 15 is 0 Å². The van der Waals surface area contributed by atoms with E-state index in [2.05, 4.69) is 15.3 Å². The summed E-state index contributed by atoms with van der Waals surface area (Å²) in [4.78, 5) is 17.9. The number of aromatic nitrogens is 1. The van der Waals surface area contributed by atoms with Gasteiger partial charge in [-0.05, 0) is 24.3 Å². The van der Waals surface area contributed by atoms with Crippen LogP contribution in [0.3, 0.4) is 0 Å². The van der Waals surface area contributed by atoms with Gasteiger partial charge in [0.15, 0.2) is 0 Å². The maximum absolute atomic E-state index is 11.1. The fourth-order valence-electron chi connectivity index (χ4n) is 1.88.